The summed E-state index contributed by atoms with van der Waals surface area (Å²) in [5.41, 5.74) is 1.51. The van der Waals surface area contributed by atoms with Crippen LogP contribution in [0.2, 0.25) is 0 Å². The Morgan fingerprint density at radius 1 is 1.25 bits per heavy atom. The number of ether oxygens (including phenoxy) is 1. The number of aromatic nitrogens is 1. The van der Waals surface area contributed by atoms with Crippen molar-refractivity contribution in [3.63, 3.8) is 0 Å². The van der Waals surface area contributed by atoms with E-state index in [2.05, 4.69) is 10.3 Å². The first kappa shape index (κ1) is 13.9. The van der Waals surface area contributed by atoms with Crippen LogP contribution in [0.25, 0.3) is 0 Å². The molecule has 0 bridgehead atoms. The summed E-state index contributed by atoms with van der Waals surface area (Å²) in [4.78, 5) is 16.1. The number of hydrogen-bond donors (Lipinski definition) is 2. The molecule has 0 aliphatic carbocycles. The fraction of sp³-hybridized carbons (Fsp3) is 0.200. The highest BCUT2D eigenvalue weighted by Crippen LogP contribution is 2.17. The van der Waals surface area contributed by atoms with E-state index in [0.29, 0.717) is 11.4 Å². The summed E-state index contributed by atoms with van der Waals surface area (Å²) in [6.45, 7) is 3.53. The van der Waals surface area contributed by atoms with E-state index in [1.54, 1.807) is 31.3 Å². The Bertz CT molecular complexity index is 579. The van der Waals surface area contributed by atoms with Gasteiger partial charge in [0.25, 0.3) is 5.91 Å². The standard InChI is InChI=1S/C15H16N2O3/c1-10-3-4-12(9-16-10)17-15(19)11(2)20-14-7-5-13(18)6-8-14/h3-9,11,18H,1-2H3,(H,17,19). The van der Waals surface area contributed by atoms with Crippen molar-refractivity contribution in [1.82, 2.24) is 4.98 Å². The Labute approximate surface area is 117 Å². The maximum absolute atomic E-state index is 12.0. The summed E-state index contributed by atoms with van der Waals surface area (Å²) in [7, 11) is 0. The summed E-state index contributed by atoms with van der Waals surface area (Å²) in [5, 5.41) is 11.9. The van der Waals surface area contributed by atoms with E-state index in [0.717, 1.165) is 5.69 Å². The fourth-order valence-corrected chi connectivity index (χ4v) is 1.57. The van der Waals surface area contributed by atoms with Crippen LogP contribution in [0.4, 0.5) is 5.69 Å². The fourth-order valence-electron chi connectivity index (χ4n) is 1.57. The largest absolute Gasteiger partial charge is 0.508 e. The third-order valence-electron chi connectivity index (χ3n) is 2.70. The van der Waals surface area contributed by atoms with E-state index in [-0.39, 0.29) is 11.7 Å². The van der Waals surface area contributed by atoms with Gasteiger partial charge in [0.05, 0.1) is 11.9 Å². The zero-order valence-electron chi connectivity index (χ0n) is 11.3. The van der Waals surface area contributed by atoms with Gasteiger partial charge in [-0.2, -0.15) is 0 Å². The molecule has 1 aromatic carbocycles. The Hall–Kier alpha value is -2.56. The number of aryl methyl sites for hydroxylation is 1. The van der Waals surface area contributed by atoms with E-state index >= 15 is 0 Å². The second-order valence-corrected chi connectivity index (χ2v) is 4.43. The van der Waals surface area contributed by atoms with Crippen molar-refractivity contribution in [1.29, 1.82) is 0 Å². The average molecular weight is 272 g/mol. The predicted molar refractivity (Wildman–Crippen MR) is 75.8 cm³/mol. The molecule has 5 heteroatoms. The topological polar surface area (TPSA) is 71.5 Å². The first-order valence-electron chi connectivity index (χ1n) is 6.24. The molecular formula is C15H16N2O3. The lowest BCUT2D eigenvalue weighted by atomic mass is 10.3. The highest BCUT2D eigenvalue weighted by Gasteiger charge is 2.14. The molecular weight excluding hydrogens is 256 g/mol. The van der Waals surface area contributed by atoms with Gasteiger partial charge in [0.2, 0.25) is 0 Å². The third kappa shape index (κ3) is 3.71. The van der Waals surface area contributed by atoms with Gasteiger partial charge in [-0.15, -0.1) is 0 Å². The zero-order chi connectivity index (χ0) is 14.5. The molecule has 0 spiro atoms. The van der Waals surface area contributed by atoms with Crippen LogP contribution in [0.1, 0.15) is 12.6 Å². The number of hydrogen-bond acceptors (Lipinski definition) is 4. The van der Waals surface area contributed by atoms with Crippen LogP contribution in [0.3, 0.4) is 0 Å². The Morgan fingerprint density at radius 2 is 1.95 bits per heavy atom. The number of rotatable bonds is 4. The normalized spacial score (nSPS) is 11.7. The second kappa shape index (κ2) is 6.06. The van der Waals surface area contributed by atoms with Gasteiger partial charge in [-0.1, -0.05) is 0 Å². The summed E-state index contributed by atoms with van der Waals surface area (Å²) in [5.74, 6) is 0.413. The molecule has 0 aliphatic rings. The van der Waals surface area contributed by atoms with Crippen molar-refractivity contribution < 1.29 is 14.6 Å². The number of anilines is 1. The molecule has 1 aromatic heterocycles. The number of phenols is 1. The molecule has 0 saturated heterocycles. The van der Waals surface area contributed by atoms with Crippen LogP contribution in [0.5, 0.6) is 11.5 Å². The number of phenolic OH excluding ortho intramolecular Hbond substituents is 1. The number of benzene rings is 1. The first-order valence-corrected chi connectivity index (χ1v) is 6.24. The minimum absolute atomic E-state index is 0.153. The van der Waals surface area contributed by atoms with Gasteiger partial charge in [0.1, 0.15) is 11.5 Å². The molecule has 0 radical (unpaired) electrons. The van der Waals surface area contributed by atoms with Crippen molar-refractivity contribution in [3.05, 3.63) is 48.3 Å². The molecule has 1 atom stereocenters. The molecule has 2 N–H and O–H groups in total. The van der Waals surface area contributed by atoms with Crippen LogP contribution >= 0.6 is 0 Å². The number of carbonyl (C=O) groups is 1. The van der Waals surface area contributed by atoms with E-state index in [1.807, 2.05) is 13.0 Å². The second-order valence-electron chi connectivity index (χ2n) is 4.43. The molecule has 2 rings (SSSR count). The Kier molecular flexibility index (Phi) is 4.20. The lowest BCUT2D eigenvalue weighted by molar-refractivity contribution is -0.122. The Morgan fingerprint density at radius 3 is 2.55 bits per heavy atom. The number of aromatic hydroxyl groups is 1. The Balaban J connectivity index is 1.94. The van der Waals surface area contributed by atoms with Gasteiger partial charge >= 0.3 is 0 Å². The molecule has 5 nitrogen and oxygen atoms in total. The molecule has 104 valence electrons. The van der Waals surface area contributed by atoms with Gasteiger partial charge < -0.3 is 15.2 Å². The minimum atomic E-state index is -0.652. The van der Waals surface area contributed by atoms with Gasteiger partial charge in [-0.3, -0.25) is 9.78 Å². The van der Waals surface area contributed by atoms with Gasteiger partial charge in [-0.25, -0.2) is 0 Å². The molecule has 1 heterocycles. The van der Waals surface area contributed by atoms with E-state index in [9.17, 15) is 9.90 Å². The van der Waals surface area contributed by atoms with Crippen LogP contribution in [-0.2, 0) is 4.79 Å². The molecule has 1 unspecified atom stereocenters. The van der Waals surface area contributed by atoms with E-state index in [1.165, 1.54) is 12.1 Å². The predicted octanol–water partition coefficient (Wildman–Crippen LogP) is 2.50. The summed E-state index contributed by atoms with van der Waals surface area (Å²) in [6, 6.07) is 9.82. The molecule has 1 amide bonds. The summed E-state index contributed by atoms with van der Waals surface area (Å²) < 4.78 is 5.48. The van der Waals surface area contributed by atoms with Gasteiger partial charge in [0.15, 0.2) is 6.10 Å². The number of nitrogens with zero attached hydrogens (tertiary/aromatic N) is 1. The number of nitrogens with one attached hydrogen (secondary N) is 1. The lowest BCUT2D eigenvalue weighted by Crippen LogP contribution is -2.30. The number of carbonyl (C=O) groups excluding carboxylic acids is 1. The van der Waals surface area contributed by atoms with E-state index < -0.39 is 6.10 Å². The maximum atomic E-state index is 12.0. The van der Waals surface area contributed by atoms with E-state index in [4.69, 9.17) is 4.74 Å². The van der Waals surface area contributed by atoms with Crippen LogP contribution < -0.4 is 10.1 Å². The maximum Gasteiger partial charge on any atom is 0.265 e. The monoisotopic (exact) mass is 272 g/mol. The van der Waals surface area contributed by atoms with Crippen LogP contribution in [0, 0.1) is 6.92 Å². The SMILES string of the molecule is Cc1ccc(NC(=O)C(C)Oc2ccc(O)cc2)cn1. The highest BCUT2D eigenvalue weighted by atomic mass is 16.5. The number of pyridine rings is 1. The van der Waals surface area contributed by atoms with Crippen molar-refractivity contribution >= 4 is 11.6 Å². The van der Waals surface area contributed by atoms with Crippen LogP contribution in [0.15, 0.2) is 42.6 Å². The van der Waals surface area contributed by atoms with Gasteiger partial charge in [0, 0.05) is 5.69 Å². The molecule has 0 saturated carbocycles. The van der Waals surface area contributed by atoms with Gasteiger partial charge in [-0.05, 0) is 50.2 Å². The van der Waals surface area contributed by atoms with Crippen molar-refractivity contribution in [2.45, 2.75) is 20.0 Å². The number of amides is 1. The van der Waals surface area contributed by atoms with Crippen molar-refractivity contribution in [2.75, 3.05) is 5.32 Å². The quantitative estimate of drug-likeness (QED) is 0.897. The summed E-state index contributed by atoms with van der Waals surface area (Å²) >= 11 is 0. The lowest BCUT2D eigenvalue weighted by Gasteiger charge is -2.14. The van der Waals surface area contributed by atoms with Crippen molar-refractivity contribution in [2.24, 2.45) is 0 Å². The first-order chi connectivity index (χ1) is 9.54. The molecule has 0 aliphatic heterocycles. The minimum Gasteiger partial charge on any atom is -0.508 e. The third-order valence-corrected chi connectivity index (χ3v) is 2.70. The molecule has 2 aromatic rings. The molecule has 20 heavy (non-hydrogen) atoms. The van der Waals surface area contributed by atoms with Crippen LogP contribution in [-0.4, -0.2) is 22.1 Å². The highest BCUT2D eigenvalue weighted by molar-refractivity contribution is 5.93. The average Bonchev–Trinajstić information content (AvgIpc) is 2.44. The summed E-state index contributed by atoms with van der Waals surface area (Å²) in [6.07, 6.45) is 0.946. The smallest absolute Gasteiger partial charge is 0.265 e. The zero-order valence-corrected chi connectivity index (χ0v) is 11.3. The van der Waals surface area contributed by atoms with Crippen molar-refractivity contribution in [3.8, 4) is 11.5 Å². The molecule has 0 fully saturated rings.